The maximum atomic E-state index is 8.87. The molecule has 0 N–H and O–H groups in total. The summed E-state index contributed by atoms with van der Waals surface area (Å²) in [6.45, 7) is 6.15. The quantitative estimate of drug-likeness (QED) is 0.785. The van der Waals surface area contributed by atoms with E-state index in [-0.39, 0.29) is 0 Å². The predicted molar refractivity (Wildman–Crippen MR) is 99.8 cm³/mol. The molecule has 2 nitrogen and oxygen atoms in total. The molecule has 2 aromatic carbocycles. The van der Waals surface area contributed by atoms with E-state index in [2.05, 4.69) is 42.2 Å². The van der Waals surface area contributed by atoms with Gasteiger partial charge in [0.1, 0.15) is 0 Å². The van der Waals surface area contributed by atoms with Gasteiger partial charge in [-0.05, 0) is 73.5 Å². The summed E-state index contributed by atoms with van der Waals surface area (Å²) in [5.41, 5.74) is 4.51. The van der Waals surface area contributed by atoms with E-state index < -0.39 is 0 Å². The first-order valence-corrected chi connectivity index (χ1v) is 9.06. The van der Waals surface area contributed by atoms with Crippen LogP contribution in [-0.4, -0.2) is 24.5 Å². The summed E-state index contributed by atoms with van der Waals surface area (Å²) in [6.07, 6.45) is 5.15. The first kappa shape index (κ1) is 16.7. The molecule has 124 valence electrons. The molecule has 1 heterocycles. The molecule has 3 rings (SSSR count). The fraction of sp³-hybridized carbons (Fsp3) is 0.409. The highest BCUT2D eigenvalue weighted by molar-refractivity contribution is 5.64. The lowest BCUT2D eigenvalue weighted by atomic mass is 9.99. The molecule has 1 unspecified atom stereocenters. The Kier molecular flexibility index (Phi) is 5.67. The Bertz CT molecular complexity index is 679. The molecule has 2 aromatic rings. The van der Waals surface area contributed by atoms with Crippen molar-refractivity contribution in [2.45, 2.75) is 32.6 Å². The molecule has 0 aromatic heterocycles. The number of piperidine rings is 1. The zero-order chi connectivity index (χ0) is 16.8. The van der Waals surface area contributed by atoms with Crippen LogP contribution in [-0.2, 0) is 6.42 Å². The highest BCUT2D eigenvalue weighted by Gasteiger charge is 2.15. The lowest BCUT2D eigenvalue weighted by Crippen LogP contribution is -2.35. The van der Waals surface area contributed by atoms with Crippen LogP contribution in [0.25, 0.3) is 11.1 Å². The van der Waals surface area contributed by atoms with E-state index >= 15 is 0 Å². The molecule has 0 spiro atoms. The van der Waals surface area contributed by atoms with Gasteiger partial charge in [-0.2, -0.15) is 5.26 Å². The van der Waals surface area contributed by atoms with E-state index in [1.165, 1.54) is 55.6 Å². The van der Waals surface area contributed by atoms with Gasteiger partial charge in [-0.25, -0.2) is 0 Å². The van der Waals surface area contributed by atoms with Crippen LogP contribution in [0.3, 0.4) is 0 Å². The Morgan fingerprint density at radius 2 is 1.71 bits per heavy atom. The van der Waals surface area contributed by atoms with Crippen LogP contribution in [0.1, 0.15) is 37.3 Å². The normalized spacial score (nSPS) is 18.2. The first-order valence-electron chi connectivity index (χ1n) is 9.06. The second-order valence-corrected chi connectivity index (χ2v) is 7.04. The van der Waals surface area contributed by atoms with Crippen molar-refractivity contribution in [3.63, 3.8) is 0 Å². The molecular weight excluding hydrogens is 292 g/mol. The number of aryl methyl sites for hydroxylation is 1. The number of likely N-dealkylation sites (tertiary alicyclic amines) is 1. The summed E-state index contributed by atoms with van der Waals surface area (Å²) >= 11 is 0. The molecule has 1 aliphatic rings. The van der Waals surface area contributed by atoms with Gasteiger partial charge in [0, 0.05) is 6.54 Å². The summed E-state index contributed by atoms with van der Waals surface area (Å²) in [4.78, 5) is 2.62. The number of rotatable bonds is 5. The highest BCUT2D eigenvalue weighted by Crippen LogP contribution is 2.21. The number of hydrogen-bond donors (Lipinski definition) is 0. The average molecular weight is 318 g/mol. The van der Waals surface area contributed by atoms with Gasteiger partial charge in [0.2, 0.25) is 0 Å². The molecule has 24 heavy (non-hydrogen) atoms. The third kappa shape index (κ3) is 4.46. The van der Waals surface area contributed by atoms with Gasteiger partial charge in [-0.1, -0.05) is 43.3 Å². The van der Waals surface area contributed by atoms with Crippen LogP contribution >= 0.6 is 0 Å². The monoisotopic (exact) mass is 318 g/mol. The van der Waals surface area contributed by atoms with Crippen molar-refractivity contribution in [3.05, 3.63) is 59.7 Å². The third-order valence-electron chi connectivity index (χ3n) is 4.98. The lowest BCUT2D eigenvalue weighted by Gasteiger charge is -2.30. The van der Waals surface area contributed by atoms with Crippen molar-refractivity contribution in [1.29, 1.82) is 5.26 Å². The van der Waals surface area contributed by atoms with Gasteiger partial charge in [-0.15, -0.1) is 0 Å². The van der Waals surface area contributed by atoms with Crippen LogP contribution in [0.15, 0.2) is 48.5 Å². The maximum Gasteiger partial charge on any atom is 0.0991 e. The highest BCUT2D eigenvalue weighted by atomic mass is 15.1. The Balaban J connectivity index is 1.51. The number of hydrogen-bond acceptors (Lipinski definition) is 2. The fourth-order valence-corrected chi connectivity index (χ4v) is 3.60. The molecule has 0 saturated carbocycles. The van der Waals surface area contributed by atoms with Crippen LogP contribution in [0.2, 0.25) is 0 Å². The minimum Gasteiger partial charge on any atom is -0.303 e. The summed E-state index contributed by atoms with van der Waals surface area (Å²) in [7, 11) is 0. The van der Waals surface area contributed by atoms with E-state index in [4.69, 9.17) is 5.26 Å². The van der Waals surface area contributed by atoms with Gasteiger partial charge in [0.25, 0.3) is 0 Å². The van der Waals surface area contributed by atoms with Crippen LogP contribution < -0.4 is 0 Å². The van der Waals surface area contributed by atoms with Crippen LogP contribution in [0, 0.1) is 17.2 Å². The van der Waals surface area contributed by atoms with Crippen molar-refractivity contribution in [2.75, 3.05) is 19.6 Å². The van der Waals surface area contributed by atoms with Gasteiger partial charge in [-0.3, -0.25) is 0 Å². The van der Waals surface area contributed by atoms with E-state index in [1.54, 1.807) is 0 Å². The minimum atomic E-state index is 0.711. The second kappa shape index (κ2) is 8.13. The Labute approximate surface area is 145 Å². The maximum absolute atomic E-state index is 8.87. The topological polar surface area (TPSA) is 27.0 Å². The Hall–Kier alpha value is -2.11. The molecule has 1 saturated heterocycles. The van der Waals surface area contributed by atoms with Crippen molar-refractivity contribution >= 4 is 0 Å². The summed E-state index contributed by atoms with van der Waals surface area (Å²) in [5.74, 6) is 0.866. The second-order valence-electron chi connectivity index (χ2n) is 7.04. The summed E-state index contributed by atoms with van der Waals surface area (Å²) in [5, 5.41) is 8.87. The van der Waals surface area contributed by atoms with Crippen LogP contribution in [0.5, 0.6) is 0 Å². The molecule has 0 radical (unpaired) electrons. The largest absolute Gasteiger partial charge is 0.303 e. The predicted octanol–water partition coefficient (Wildman–Crippen LogP) is 4.89. The Morgan fingerprint density at radius 3 is 2.33 bits per heavy atom. The smallest absolute Gasteiger partial charge is 0.0991 e. The molecule has 0 aliphatic carbocycles. The standard InChI is InChI=1S/C22H26N2/c1-18-4-2-14-24(17-18)15-3-5-19-6-10-21(11-7-19)22-12-8-20(16-23)9-13-22/h6-13,18H,2-5,14-15,17H2,1H3. The molecular formula is C22H26N2. The van der Waals surface area contributed by atoms with E-state index in [0.29, 0.717) is 5.56 Å². The number of benzene rings is 2. The van der Waals surface area contributed by atoms with Crippen molar-refractivity contribution in [3.8, 4) is 17.2 Å². The summed E-state index contributed by atoms with van der Waals surface area (Å²) in [6, 6.07) is 18.8. The zero-order valence-electron chi connectivity index (χ0n) is 14.5. The fourth-order valence-electron chi connectivity index (χ4n) is 3.60. The SMILES string of the molecule is CC1CCCN(CCCc2ccc(-c3ccc(C#N)cc3)cc2)C1. The zero-order valence-corrected chi connectivity index (χ0v) is 14.5. The average Bonchev–Trinajstić information content (AvgIpc) is 2.63. The number of nitriles is 1. The Morgan fingerprint density at radius 1 is 1.04 bits per heavy atom. The molecule has 1 aliphatic heterocycles. The first-order chi connectivity index (χ1) is 11.7. The third-order valence-corrected chi connectivity index (χ3v) is 4.98. The van der Waals surface area contributed by atoms with Crippen molar-refractivity contribution in [1.82, 2.24) is 4.90 Å². The lowest BCUT2D eigenvalue weighted by molar-refractivity contribution is 0.182. The van der Waals surface area contributed by atoms with E-state index in [0.717, 1.165) is 12.3 Å². The minimum absolute atomic E-state index is 0.711. The molecule has 0 amide bonds. The van der Waals surface area contributed by atoms with Crippen LogP contribution in [0.4, 0.5) is 0 Å². The van der Waals surface area contributed by atoms with Crippen molar-refractivity contribution in [2.24, 2.45) is 5.92 Å². The van der Waals surface area contributed by atoms with Crippen molar-refractivity contribution < 1.29 is 0 Å². The summed E-state index contributed by atoms with van der Waals surface area (Å²) < 4.78 is 0. The van der Waals surface area contributed by atoms with Gasteiger partial charge >= 0.3 is 0 Å². The molecule has 1 atom stereocenters. The molecule has 0 bridgehead atoms. The number of nitrogens with zero attached hydrogens (tertiary/aromatic N) is 2. The van der Waals surface area contributed by atoms with Gasteiger partial charge < -0.3 is 4.90 Å². The van der Waals surface area contributed by atoms with E-state index in [1.807, 2.05) is 24.3 Å². The molecule has 2 heteroatoms. The molecule has 1 fully saturated rings. The van der Waals surface area contributed by atoms with E-state index in [9.17, 15) is 0 Å². The van der Waals surface area contributed by atoms with Gasteiger partial charge in [0.15, 0.2) is 0 Å². The van der Waals surface area contributed by atoms with Gasteiger partial charge in [0.05, 0.1) is 11.6 Å².